The highest BCUT2D eigenvalue weighted by atomic mass is 32.2. The number of ether oxygens (including phenoxy) is 1. The van der Waals surface area contributed by atoms with E-state index in [9.17, 15) is 9.59 Å². The highest BCUT2D eigenvalue weighted by Gasteiger charge is 2.46. The number of nitrogens with zero attached hydrogens (tertiary/aromatic N) is 4. The molecule has 2 amide bonds. The van der Waals surface area contributed by atoms with Gasteiger partial charge in [-0.25, -0.2) is 19.7 Å². The monoisotopic (exact) mass is 388 g/mol. The maximum Gasteiger partial charge on any atom is 0.417 e. The Kier molecular flexibility index (Phi) is 4.41. The third kappa shape index (κ3) is 3.09. The van der Waals surface area contributed by atoms with E-state index in [1.54, 1.807) is 12.3 Å². The van der Waals surface area contributed by atoms with Crippen LogP contribution in [0.3, 0.4) is 0 Å². The van der Waals surface area contributed by atoms with Gasteiger partial charge in [-0.2, -0.15) is 0 Å². The molecule has 7 nitrogen and oxygen atoms in total. The van der Waals surface area contributed by atoms with Crippen LogP contribution in [0.5, 0.6) is 0 Å². The number of hydrogen-bond donors (Lipinski definition) is 0. The molecule has 4 rings (SSSR count). The number of thioether (sulfide) groups is 1. The largest absolute Gasteiger partial charge is 0.443 e. The van der Waals surface area contributed by atoms with E-state index in [0.29, 0.717) is 10.9 Å². The fourth-order valence-electron chi connectivity index (χ4n) is 4.09. The summed E-state index contributed by atoms with van der Waals surface area (Å²) in [4.78, 5) is 36.4. The topological polar surface area (TPSA) is 77.3 Å². The Balaban J connectivity index is 1.84. The van der Waals surface area contributed by atoms with Crippen LogP contribution in [-0.2, 0) is 4.74 Å². The molecule has 3 heterocycles. The Hall–Kier alpha value is -2.09. The molecule has 0 N–H and O–H groups in total. The minimum atomic E-state index is -0.648. The van der Waals surface area contributed by atoms with Crippen molar-refractivity contribution in [3.63, 3.8) is 0 Å². The summed E-state index contributed by atoms with van der Waals surface area (Å²) in [5.74, 6) is -0.309. The fourth-order valence-corrected chi connectivity index (χ4v) is 4.42. The van der Waals surface area contributed by atoms with Gasteiger partial charge in [0.1, 0.15) is 16.9 Å². The maximum atomic E-state index is 13.3. The standard InChI is InChI=1S/C19H24N4O3S/c1-19(2,3)26-18(25)23-13-8-6-5-7-12(13)22-14(16(23)24)9-11-10-20-17(27-4)21-15(11)22/h9-10,12-13H,5-8H2,1-4H3/t12-,13-/m1/s1. The zero-order chi connectivity index (χ0) is 19.3. The highest BCUT2D eigenvalue weighted by molar-refractivity contribution is 7.98. The second-order valence-electron chi connectivity index (χ2n) is 8.11. The van der Waals surface area contributed by atoms with E-state index in [2.05, 4.69) is 9.97 Å². The van der Waals surface area contributed by atoms with Gasteiger partial charge in [0.15, 0.2) is 5.16 Å². The van der Waals surface area contributed by atoms with E-state index in [-0.39, 0.29) is 18.0 Å². The van der Waals surface area contributed by atoms with Gasteiger partial charge in [0, 0.05) is 11.6 Å². The first-order valence-corrected chi connectivity index (χ1v) is 10.5. The average molecular weight is 388 g/mol. The summed E-state index contributed by atoms with van der Waals surface area (Å²) < 4.78 is 7.58. The van der Waals surface area contributed by atoms with Crippen LogP contribution in [0, 0.1) is 0 Å². The van der Waals surface area contributed by atoms with Crippen LogP contribution < -0.4 is 0 Å². The molecule has 0 unspecified atom stereocenters. The van der Waals surface area contributed by atoms with Crippen LogP contribution in [0.4, 0.5) is 4.79 Å². The molecule has 0 saturated heterocycles. The molecule has 1 aliphatic carbocycles. The van der Waals surface area contributed by atoms with Crippen LogP contribution >= 0.6 is 11.8 Å². The van der Waals surface area contributed by atoms with E-state index in [1.807, 2.05) is 31.6 Å². The Morgan fingerprint density at radius 1 is 1.26 bits per heavy atom. The van der Waals surface area contributed by atoms with Crippen LogP contribution in [0.25, 0.3) is 11.0 Å². The SMILES string of the molecule is CSc1ncc2cc3n(c2n1)[C@@H]1CCCC[C@H]1N(C(=O)OC(C)(C)C)C3=O. The van der Waals surface area contributed by atoms with Crippen molar-refractivity contribution < 1.29 is 14.3 Å². The van der Waals surface area contributed by atoms with E-state index in [1.165, 1.54) is 16.7 Å². The number of rotatable bonds is 1. The van der Waals surface area contributed by atoms with Gasteiger partial charge in [-0.1, -0.05) is 24.6 Å². The van der Waals surface area contributed by atoms with Crippen LogP contribution in [-0.4, -0.2) is 49.3 Å². The third-order valence-electron chi connectivity index (χ3n) is 5.12. The summed E-state index contributed by atoms with van der Waals surface area (Å²) in [6.07, 6.45) is 6.88. The number of amides is 2. The third-order valence-corrected chi connectivity index (χ3v) is 5.68. The van der Waals surface area contributed by atoms with Gasteiger partial charge in [-0.05, 0) is 45.9 Å². The summed E-state index contributed by atoms with van der Waals surface area (Å²) in [6.45, 7) is 5.44. The van der Waals surface area contributed by atoms with Crippen molar-refractivity contribution >= 4 is 34.8 Å². The smallest absolute Gasteiger partial charge is 0.417 e. The minimum Gasteiger partial charge on any atom is -0.443 e. The van der Waals surface area contributed by atoms with E-state index >= 15 is 0 Å². The molecule has 1 aliphatic heterocycles. The summed E-state index contributed by atoms with van der Waals surface area (Å²) in [7, 11) is 0. The first-order valence-electron chi connectivity index (χ1n) is 9.28. The predicted molar refractivity (Wildman–Crippen MR) is 103 cm³/mol. The van der Waals surface area contributed by atoms with Crippen LogP contribution in [0.15, 0.2) is 17.4 Å². The second kappa shape index (κ2) is 6.51. The summed E-state index contributed by atoms with van der Waals surface area (Å²) in [5, 5.41) is 1.50. The van der Waals surface area contributed by atoms with Crippen molar-refractivity contribution in [1.82, 2.24) is 19.4 Å². The van der Waals surface area contributed by atoms with Gasteiger partial charge >= 0.3 is 6.09 Å². The molecular formula is C19H24N4O3S. The Morgan fingerprint density at radius 3 is 2.63 bits per heavy atom. The molecule has 0 radical (unpaired) electrons. The molecule has 2 aromatic rings. The van der Waals surface area contributed by atoms with Gasteiger partial charge in [0.25, 0.3) is 5.91 Å². The second-order valence-corrected chi connectivity index (χ2v) is 8.88. The molecular weight excluding hydrogens is 364 g/mol. The Morgan fingerprint density at radius 2 is 1.96 bits per heavy atom. The number of fused-ring (bicyclic) bond motifs is 5. The lowest BCUT2D eigenvalue weighted by Gasteiger charge is -2.43. The zero-order valence-electron chi connectivity index (χ0n) is 16.1. The van der Waals surface area contributed by atoms with Crippen molar-refractivity contribution in [3.05, 3.63) is 18.0 Å². The Bertz CT molecular complexity index is 918. The number of carbonyl (C=O) groups is 2. The van der Waals surface area contributed by atoms with Gasteiger partial charge in [-0.3, -0.25) is 4.79 Å². The van der Waals surface area contributed by atoms with E-state index in [4.69, 9.17) is 4.74 Å². The Labute approximate surface area is 162 Å². The minimum absolute atomic E-state index is 0.0288. The van der Waals surface area contributed by atoms with E-state index < -0.39 is 11.7 Å². The molecule has 144 valence electrons. The van der Waals surface area contributed by atoms with Crippen molar-refractivity contribution in [2.24, 2.45) is 0 Å². The lowest BCUT2D eigenvalue weighted by molar-refractivity contribution is 0.00252. The molecule has 8 heteroatoms. The number of aromatic nitrogens is 3. The fraction of sp³-hybridized carbons (Fsp3) is 0.579. The van der Waals surface area contributed by atoms with Crippen LogP contribution in [0.2, 0.25) is 0 Å². The molecule has 2 aliphatic rings. The number of carbonyl (C=O) groups excluding carboxylic acids is 2. The van der Waals surface area contributed by atoms with Crippen molar-refractivity contribution in [1.29, 1.82) is 0 Å². The predicted octanol–water partition coefficient (Wildman–Crippen LogP) is 4.03. The molecule has 0 aromatic carbocycles. The van der Waals surface area contributed by atoms with Crippen molar-refractivity contribution in [2.75, 3.05) is 6.26 Å². The summed E-state index contributed by atoms with van der Waals surface area (Å²) >= 11 is 1.47. The quantitative estimate of drug-likeness (QED) is 0.542. The maximum absolute atomic E-state index is 13.3. The number of hydrogen-bond acceptors (Lipinski definition) is 6. The highest BCUT2D eigenvalue weighted by Crippen LogP contribution is 2.41. The molecule has 0 bridgehead atoms. The van der Waals surface area contributed by atoms with Crippen molar-refractivity contribution in [3.8, 4) is 0 Å². The normalized spacial score (nSPS) is 22.5. The van der Waals surface area contributed by atoms with Crippen molar-refractivity contribution in [2.45, 2.75) is 69.3 Å². The van der Waals surface area contributed by atoms with Crippen LogP contribution in [0.1, 0.15) is 63.0 Å². The lowest BCUT2D eigenvalue weighted by Crippen LogP contribution is -2.55. The van der Waals surface area contributed by atoms with Gasteiger partial charge in [-0.15, -0.1) is 0 Å². The first kappa shape index (κ1) is 18.3. The molecule has 0 spiro atoms. The first-order chi connectivity index (χ1) is 12.8. The molecule has 1 saturated carbocycles. The van der Waals surface area contributed by atoms with Gasteiger partial charge in [0.2, 0.25) is 0 Å². The van der Waals surface area contributed by atoms with Gasteiger partial charge < -0.3 is 9.30 Å². The summed E-state index contributed by atoms with van der Waals surface area (Å²) in [5.41, 5.74) is 0.620. The summed E-state index contributed by atoms with van der Waals surface area (Å²) in [6, 6.07) is 1.63. The lowest BCUT2D eigenvalue weighted by atomic mass is 9.87. The molecule has 1 fully saturated rings. The zero-order valence-corrected chi connectivity index (χ0v) is 16.9. The molecule has 27 heavy (non-hydrogen) atoms. The number of imide groups is 1. The van der Waals surface area contributed by atoms with Gasteiger partial charge in [0.05, 0.1) is 12.1 Å². The average Bonchev–Trinajstić information content (AvgIpc) is 2.99. The molecule has 2 aromatic heterocycles. The van der Waals surface area contributed by atoms with E-state index in [0.717, 1.165) is 36.7 Å². The molecule has 2 atom stereocenters.